The molecule has 11 nitrogen and oxygen atoms in total. The average molecular weight is 617 g/mol. The Morgan fingerprint density at radius 2 is 1.86 bits per heavy atom. The lowest BCUT2D eigenvalue weighted by Crippen LogP contribution is -2.47. The van der Waals surface area contributed by atoms with Gasteiger partial charge >= 0.3 is 6.18 Å². The molecular formula is C30H39F3N8O3. The topological polar surface area (TPSA) is 142 Å². The summed E-state index contributed by atoms with van der Waals surface area (Å²) >= 11 is 0. The fraction of sp³-hybridized carbons (Fsp3) is 0.667. The van der Waals surface area contributed by atoms with Gasteiger partial charge in [-0.3, -0.25) is 14.3 Å². The summed E-state index contributed by atoms with van der Waals surface area (Å²) in [5.41, 5.74) is 7.83. The Balaban J connectivity index is 0.000000294. The number of aryl methyl sites for hydroxylation is 1. The Bertz CT molecular complexity index is 1490. The van der Waals surface area contributed by atoms with Gasteiger partial charge < -0.3 is 15.8 Å². The Morgan fingerprint density at radius 3 is 2.52 bits per heavy atom. The monoisotopic (exact) mass is 616 g/mol. The van der Waals surface area contributed by atoms with E-state index in [1.165, 1.54) is 19.3 Å². The van der Waals surface area contributed by atoms with Crippen molar-refractivity contribution in [1.29, 1.82) is 0 Å². The van der Waals surface area contributed by atoms with Crippen molar-refractivity contribution in [3.05, 3.63) is 41.2 Å². The molecule has 14 heteroatoms. The van der Waals surface area contributed by atoms with Gasteiger partial charge in [-0.25, -0.2) is 14.5 Å². The van der Waals surface area contributed by atoms with E-state index >= 15 is 0 Å². The summed E-state index contributed by atoms with van der Waals surface area (Å²) in [5.74, 6) is 0.0337. The van der Waals surface area contributed by atoms with E-state index in [4.69, 9.17) is 25.5 Å². The molecule has 238 valence electrons. The van der Waals surface area contributed by atoms with Gasteiger partial charge in [0, 0.05) is 50.8 Å². The number of hydrogen-bond donors (Lipinski definition) is 2. The SMILES string of the molecule is CCn1nccc1C(N)=O.O=C1NCC(C(F)(F)F)CC1Cc1nn2cc(CC3CC4CC4C3)nc2nc1C1CCOCC1. The molecule has 2 amide bonds. The van der Waals surface area contributed by atoms with Gasteiger partial charge in [-0.2, -0.15) is 23.4 Å². The Morgan fingerprint density at radius 1 is 1.11 bits per heavy atom. The molecule has 2 saturated carbocycles. The largest absolute Gasteiger partial charge is 0.393 e. The van der Waals surface area contributed by atoms with Gasteiger partial charge in [0.2, 0.25) is 5.91 Å². The van der Waals surface area contributed by atoms with Gasteiger partial charge in [-0.1, -0.05) is 0 Å². The molecule has 0 radical (unpaired) electrons. The number of amides is 2. The average Bonchev–Trinajstić information content (AvgIpc) is 3.34. The van der Waals surface area contributed by atoms with Crippen molar-refractivity contribution in [1.82, 2.24) is 34.7 Å². The molecular weight excluding hydrogens is 577 g/mol. The summed E-state index contributed by atoms with van der Waals surface area (Å²) in [6, 6.07) is 1.60. The van der Waals surface area contributed by atoms with Crippen LogP contribution >= 0.6 is 0 Å². The molecule has 4 aliphatic rings. The minimum absolute atomic E-state index is 0.105. The predicted molar refractivity (Wildman–Crippen MR) is 152 cm³/mol. The van der Waals surface area contributed by atoms with Crippen LogP contribution in [-0.4, -0.2) is 67.1 Å². The van der Waals surface area contributed by atoms with Crippen LogP contribution in [-0.2, 0) is 28.9 Å². The highest BCUT2D eigenvalue weighted by Crippen LogP contribution is 2.55. The van der Waals surface area contributed by atoms with Gasteiger partial charge in [-0.15, -0.1) is 0 Å². The molecule has 3 N–H and O–H groups in total. The van der Waals surface area contributed by atoms with Crippen LogP contribution in [0.5, 0.6) is 0 Å². The summed E-state index contributed by atoms with van der Waals surface area (Å²) in [6.07, 6.45) is 5.46. The van der Waals surface area contributed by atoms with Gasteiger partial charge in [-0.05, 0) is 75.7 Å². The van der Waals surface area contributed by atoms with Crippen molar-refractivity contribution in [3.63, 3.8) is 0 Å². The summed E-state index contributed by atoms with van der Waals surface area (Å²) in [7, 11) is 0. The lowest BCUT2D eigenvalue weighted by Gasteiger charge is -2.31. The van der Waals surface area contributed by atoms with Gasteiger partial charge in [0.15, 0.2) is 0 Å². The molecule has 4 atom stereocenters. The predicted octanol–water partition coefficient (Wildman–Crippen LogP) is 3.47. The maximum absolute atomic E-state index is 13.3. The molecule has 3 aromatic rings. The van der Waals surface area contributed by atoms with Crippen molar-refractivity contribution in [2.45, 2.75) is 76.9 Å². The van der Waals surface area contributed by atoms with Crippen LogP contribution < -0.4 is 11.1 Å². The number of piperidine rings is 1. The first-order chi connectivity index (χ1) is 21.1. The second-order valence-corrected chi connectivity index (χ2v) is 12.6. The zero-order valence-corrected chi connectivity index (χ0v) is 24.8. The highest BCUT2D eigenvalue weighted by molar-refractivity contribution is 5.90. The van der Waals surface area contributed by atoms with Crippen LogP contribution in [0.2, 0.25) is 0 Å². The van der Waals surface area contributed by atoms with Crippen molar-refractivity contribution < 1.29 is 27.5 Å². The molecule has 44 heavy (non-hydrogen) atoms. The van der Waals surface area contributed by atoms with E-state index in [1.807, 2.05) is 13.1 Å². The van der Waals surface area contributed by atoms with Gasteiger partial charge in [0.25, 0.3) is 11.7 Å². The molecule has 2 aliphatic carbocycles. The minimum atomic E-state index is -4.33. The summed E-state index contributed by atoms with van der Waals surface area (Å²) in [6.45, 7) is 3.44. The van der Waals surface area contributed by atoms with E-state index in [1.54, 1.807) is 21.5 Å². The summed E-state index contributed by atoms with van der Waals surface area (Å²) < 4.78 is 48.8. The van der Waals surface area contributed by atoms with Crippen LogP contribution in [0.15, 0.2) is 18.5 Å². The lowest BCUT2D eigenvalue weighted by molar-refractivity contribution is -0.183. The Labute approximate surface area is 253 Å². The maximum Gasteiger partial charge on any atom is 0.393 e. The molecule has 3 aromatic heterocycles. The third-order valence-corrected chi connectivity index (χ3v) is 9.55. The molecule has 4 fully saturated rings. The van der Waals surface area contributed by atoms with Crippen molar-refractivity contribution in [2.75, 3.05) is 19.8 Å². The van der Waals surface area contributed by atoms with E-state index in [9.17, 15) is 22.8 Å². The van der Waals surface area contributed by atoms with Crippen LogP contribution in [0.3, 0.4) is 0 Å². The van der Waals surface area contributed by atoms with E-state index in [0.29, 0.717) is 42.8 Å². The lowest BCUT2D eigenvalue weighted by atomic mass is 9.84. The normalized spacial score (nSPS) is 27.0. The molecule has 4 unspecified atom stereocenters. The first-order valence-electron chi connectivity index (χ1n) is 15.6. The van der Waals surface area contributed by atoms with Crippen molar-refractivity contribution in [3.8, 4) is 0 Å². The number of rotatable bonds is 7. The number of imidazole rings is 1. The number of hydrogen-bond acceptors (Lipinski definition) is 7. The highest BCUT2D eigenvalue weighted by Gasteiger charge is 2.46. The van der Waals surface area contributed by atoms with E-state index in [0.717, 1.165) is 42.5 Å². The zero-order valence-electron chi connectivity index (χ0n) is 24.8. The number of ether oxygens (including phenoxy) is 1. The van der Waals surface area contributed by atoms with Crippen LogP contribution in [0.1, 0.15) is 78.9 Å². The number of nitrogens with two attached hydrogens (primary N) is 1. The molecule has 0 spiro atoms. The number of aromatic nitrogens is 6. The molecule has 0 bridgehead atoms. The molecule has 7 rings (SSSR count). The van der Waals surface area contributed by atoms with E-state index in [2.05, 4.69) is 10.4 Å². The van der Waals surface area contributed by atoms with Crippen molar-refractivity contribution >= 4 is 17.6 Å². The molecule has 2 aliphatic heterocycles. The Hall–Kier alpha value is -3.55. The molecule has 2 saturated heterocycles. The minimum Gasteiger partial charge on any atom is -0.381 e. The third-order valence-electron chi connectivity index (χ3n) is 9.55. The fourth-order valence-corrected chi connectivity index (χ4v) is 7.11. The smallest absolute Gasteiger partial charge is 0.381 e. The number of nitrogens with zero attached hydrogens (tertiary/aromatic N) is 6. The summed E-state index contributed by atoms with van der Waals surface area (Å²) in [4.78, 5) is 32.7. The Kier molecular flexibility index (Phi) is 8.62. The molecule has 0 aromatic carbocycles. The van der Waals surface area contributed by atoms with E-state index in [-0.39, 0.29) is 31.2 Å². The number of primary amides is 1. The third kappa shape index (κ3) is 6.74. The van der Waals surface area contributed by atoms with Crippen molar-refractivity contribution in [2.24, 2.45) is 35.3 Å². The fourth-order valence-electron chi connectivity index (χ4n) is 7.11. The van der Waals surface area contributed by atoms with Crippen LogP contribution in [0.4, 0.5) is 13.2 Å². The van der Waals surface area contributed by atoms with Crippen LogP contribution in [0, 0.1) is 29.6 Å². The van der Waals surface area contributed by atoms with Gasteiger partial charge in [0.05, 0.1) is 29.2 Å². The highest BCUT2D eigenvalue weighted by atomic mass is 19.4. The standard InChI is InChI=1S/C24H30F3N5O2.C6H9N3O/c25-24(26,27)18-9-17(22(33)28-11-18)10-20-21(14-1-3-34-4-2-14)30-23-29-19(12-32(23)31-20)7-13-5-15-8-16(15)6-13;1-2-9-5(6(7)10)3-4-8-9/h12-18H,1-11H2,(H,28,33);3-4H,2H2,1H3,(H2,7,10). The first-order valence-corrected chi connectivity index (χ1v) is 15.6. The molecule has 5 heterocycles. The number of carbonyl (C=O) groups is 2. The first kappa shape index (κ1) is 30.5. The number of halogens is 3. The summed E-state index contributed by atoms with van der Waals surface area (Å²) in [5, 5.41) is 11.1. The number of alkyl halides is 3. The maximum atomic E-state index is 13.3. The zero-order chi connectivity index (χ0) is 31.0. The number of carbonyl (C=O) groups excluding carboxylic acids is 2. The van der Waals surface area contributed by atoms with E-state index < -0.39 is 23.9 Å². The number of nitrogens with one attached hydrogen (secondary N) is 1. The quantitative estimate of drug-likeness (QED) is 0.414. The number of fused-ring (bicyclic) bond motifs is 2. The second-order valence-electron chi connectivity index (χ2n) is 12.6. The second kappa shape index (κ2) is 12.4. The van der Waals surface area contributed by atoms with Crippen LogP contribution in [0.25, 0.3) is 5.78 Å². The van der Waals surface area contributed by atoms with Gasteiger partial charge in [0.1, 0.15) is 5.69 Å².